The van der Waals surface area contributed by atoms with Crippen molar-refractivity contribution in [3.63, 3.8) is 0 Å². The monoisotopic (exact) mass is 330 g/mol. The molecule has 124 valence electrons. The minimum Gasteiger partial charge on any atom is -0.481 e. The summed E-state index contributed by atoms with van der Waals surface area (Å²) in [7, 11) is 0. The first kappa shape index (κ1) is 17.0. The van der Waals surface area contributed by atoms with E-state index in [1.165, 1.54) is 6.07 Å². The number of benzene rings is 2. The number of carboxylic acids is 3. The molecule has 0 radical (unpaired) electrons. The maximum atomic E-state index is 11.1. The van der Waals surface area contributed by atoms with Crippen LogP contribution in [0.25, 0.3) is 0 Å². The topological polar surface area (TPSA) is 121 Å². The highest BCUT2D eigenvalue weighted by Gasteiger charge is 2.17. The first-order valence-corrected chi connectivity index (χ1v) is 6.91. The van der Waals surface area contributed by atoms with E-state index in [0.717, 1.165) is 12.1 Å². The van der Waals surface area contributed by atoms with Crippen molar-refractivity contribution in [2.75, 3.05) is 0 Å². The second kappa shape index (κ2) is 6.82. The Labute approximate surface area is 136 Å². The van der Waals surface area contributed by atoms with Crippen molar-refractivity contribution in [3.05, 3.63) is 59.2 Å². The van der Waals surface area contributed by atoms with Crippen LogP contribution < -0.4 is 4.74 Å². The molecule has 7 heteroatoms. The quantitative estimate of drug-likeness (QED) is 0.744. The number of rotatable bonds is 6. The molecule has 24 heavy (non-hydrogen) atoms. The Hall–Kier alpha value is -3.35. The van der Waals surface area contributed by atoms with Gasteiger partial charge in [0.2, 0.25) is 0 Å². The van der Waals surface area contributed by atoms with Gasteiger partial charge in [-0.05, 0) is 42.8 Å². The summed E-state index contributed by atoms with van der Waals surface area (Å²) in [6.07, 6.45) is 0. The Balaban J connectivity index is 2.25. The van der Waals surface area contributed by atoms with Crippen molar-refractivity contribution < 1.29 is 34.4 Å². The van der Waals surface area contributed by atoms with Gasteiger partial charge < -0.3 is 20.1 Å². The number of hydrogen-bond donors (Lipinski definition) is 3. The van der Waals surface area contributed by atoms with E-state index in [2.05, 4.69) is 0 Å². The summed E-state index contributed by atoms with van der Waals surface area (Å²) >= 11 is 0. The van der Waals surface area contributed by atoms with Crippen LogP contribution in [-0.4, -0.2) is 33.2 Å². The molecule has 2 rings (SSSR count). The molecule has 0 saturated carbocycles. The first-order chi connectivity index (χ1) is 11.3. The van der Waals surface area contributed by atoms with Crippen LogP contribution >= 0.6 is 0 Å². The summed E-state index contributed by atoms with van der Waals surface area (Å²) in [6, 6.07) is 9.93. The summed E-state index contributed by atoms with van der Waals surface area (Å²) < 4.78 is 5.50. The third-order valence-corrected chi connectivity index (χ3v) is 3.44. The Morgan fingerprint density at radius 3 is 1.88 bits per heavy atom. The fraction of sp³-hybridized carbons (Fsp3) is 0.118. The van der Waals surface area contributed by atoms with Crippen molar-refractivity contribution in [1.82, 2.24) is 0 Å². The normalized spacial score (nSPS) is 11.5. The molecule has 0 fully saturated rings. The molecule has 0 aliphatic rings. The van der Waals surface area contributed by atoms with Crippen LogP contribution in [0.5, 0.6) is 11.5 Å². The molecule has 0 spiro atoms. The van der Waals surface area contributed by atoms with Crippen LogP contribution in [0.4, 0.5) is 0 Å². The van der Waals surface area contributed by atoms with Gasteiger partial charge in [0.15, 0.2) is 0 Å². The molecule has 7 nitrogen and oxygen atoms in total. The molecule has 0 aliphatic carbocycles. The van der Waals surface area contributed by atoms with Crippen LogP contribution in [0, 0.1) is 0 Å². The van der Waals surface area contributed by atoms with Gasteiger partial charge in [-0.3, -0.25) is 4.79 Å². The lowest BCUT2D eigenvalue weighted by molar-refractivity contribution is -0.138. The zero-order chi connectivity index (χ0) is 17.9. The number of hydrogen-bond acceptors (Lipinski definition) is 4. The van der Waals surface area contributed by atoms with Crippen LogP contribution in [-0.2, 0) is 4.79 Å². The smallest absolute Gasteiger partial charge is 0.336 e. The minimum atomic E-state index is -1.37. The number of aromatic carboxylic acids is 2. The molecule has 0 aliphatic heterocycles. The van der Waals surface area contributed by atoms with E-state index in [1.54, 1.807) is 31.2 Å². The van der Waals surface area contributed by atoms with E-state index in [0.29, 0.717) is 11.3 Å². The maximum Gasteiger partial charge on any atom is 0.336 e. The molecule has 2 aromatic carbocycles. The van der Waals surface area contributed by atoms with Crippen LogP contribution in [0.2, 0.25) is 0 Å². The van der Waals surface area contributed by atoms with Crippen molar-refractivity contribution >= 4 is 17.9 Å². The van der Waals surface area contributed by atoms with Crippen molar-refractivity contribution in [2.45, 2.75) is 12.8 Å². The predicted octanol–water partition coefficient (Wildman–Crippen LogP) is 3.06. The van der Waals surface area contributed by atoms with Gasteiger partial charge in [-0.15, -0.1) is 0 Å². The van der Waals surface area contributed by atoms with Crippen LogP contribution in [0.1, 0.15) is 39.1 Å². The van der Waals surface area contributed by atoms with E-state index < -0.39 is 23.8 Å². The van der Waals surface area contributed by atoms with Crippen molar-refractivity contribution in [3.8, 4) is 11.5 Å². The van der Waals surface area contributed by atoms with Crippen LogP contribution in [0.15, 0.2) is 42.5 Å². The molecule has 0 aromatic heterocycles. The predicted molar refractivity (Wildman–Crippen MR) is 82.9 cm³/mol. The number of carboxylic acid groups (broad SMARTS) is 3. The van der Waals surface area contributed by atoms with E-state index in [9.17, 15) is 14.4 Å². The minimum absolute atomic E-state index is 0.163. The zero-order valence-corrected chi connectivity index (χ0v) is 12.6. The Kier molecular flexibility index (Phi) is 4.84. The lowest BCUT2D eigenvalue weighted by atomic mass is 10.0. The average Bonchev–Trinajstić information content (AvgIpc) is 2.54. The van der Waals surface area contributed by atoms with E-state index >= 15 is 0 Å². The Morgan fingerprint density at radius 1 is 0.833 bits per heavy atom. The molecule has 0 heterocycles. The van der Waals surface area contributed by atoms with Crippen molar-refractivity contribution in [2.24, 2.45) is 0 Å². The molecular formula is C17H14O7. The Morgan fingerprint density at radius 2 is 1.38 bits per heavy atom. The van der Waals surface area contributed by atoms with Gasteiger partial charge in [-0.25, -0.2) is 9.59 Å². The summed E-state index contributed by atoms with van der Waals surface area (Å²) in [5.74, 6) is -3.78. The van der Waals surface area contributed by atoms with E-state index in [-0.39, 0.29) is 16.9 Å². The van der Waals surface area contributed by atoms with Gasteiger partial charge in [0, 0.05) is 0 Å². The summed E-state index contributed by atoms with van der Waals surface area (Å²) in [4.78, 5) is 33.1. The molecule has 1 unspecified atom stereocenters. The molecule has 0 amide bonds. The molecule has 0 saturated heterocycles. The molecule has 0 bridgehead atoms. The Bertz CT molecular complexity index is 793. The summed E-state index contributed by atoms with van der Waals surface area (Å²) in [5, 5.41) is 27.0. The second-order valence-electron chi connectivity index (χ2n) is 5.05. The maximum absolute atomic E-state index is 11.1. The third kappa shape index (κ3) is 3.70. The standard InChI is InChI=1S/C17H14O7/c1-9(15(18)19)10-2-4-11(5-3-10)24-12-6-7-13(16(20)21)14(8-12)17(22)23/h2-9H,1H3,(H,18,19)(H,20,21)(H,22,23). The molecular weight excluding hydrogens is 316 g/mol. The highest BCUT2D eigenvalue weighted by atomic mass is 16.5. The number of aliphatic carboxylic acids is 1. The van der Waals surface area contributed by atoms with E-state index in [4.69, 9.17) is 20.1 Å². The highest BCUT2D eigenvalue weighted by molar-refractivity contribution is 6.02. The number of carbonyl (C=O) groups is 3. The third-order valence-electron chi connectivity index (χ3n) is 3.44. The van der Waals surface area contributed by atoms with E-state index in [1.807, 2.05) is 0 Å². The van der Waals surface area contributed by atoms with Gasteiger partial charge in [0.25, 0.3) is 0 Å². The lowest BCUT2D eigenvalue weighted by Gasteiger charge is -2.10. The van der Waals surface area contributed by atoms with Gasteiger partial charge in [-0.2, -0.15) is 0 Å². The average molecular weight is 330 g/mol. The van der Waals surface area contributed by atoms with Crippen LogP contribution in [0.3, 0.4) is 0 Å². The molecule has 2 aromatic rings. The van der Waals surface area contributed by atoms with Crippen molar-refractivity contribution in [1.29, 1.82) is 0 Å². The summed E-state index contributed by atoms with van der Waals surface area (Å²) in [6.45, 7) is 1.56. The SMILES string of the molecule is CC(C(=O)O)c1ccc(Oc2ccc(C(=O)O)c(C(=O)O)c2)cc1. The lowest BCUT2D eigenvalue weighted by Crippen LogP contribution is -2.08. The fourth-order valence-electron chi connectivity index (χ4n) is 2.05. The van der Waals surface area contributed by atoms with Gasteiger partial charge in [0.05, 0.1) is 17.0 Å². The van der Waals surface area contributed by atoms with Gasteiger partial charge in [0.1, 0.15) is 11.5 Å². The summed E-state index contributed by atoms with van der Waals surface area (Å²) in [5.41, 5.74) is -0.112. The fourth-order valence-corrected chi connectivity index (χ4v) is 2.05. The van der Waals surface area contributed by atoms with Gasteiger partial charge >= 0.3 is 17.9 Å². The zero-order valence-electron chi connectivity index (χ0n) is 12.6. The van der Waals surface area contributed by atoms with Gasteiger partial charge in [-0.1, -0.05) is 12.1 Å². The molecule has 3 N–H and O–H groups in total. The largest absolute Gasteiger partial charge is 0.481 e. The second-order valence-corrected chi connectivity index (χ2v) is 5.05. The molecule has 1 atom stereocenters. The number of ether oxygens (including phenoxy) is 1. The first-order valence-electron chi connectivity index (χ1n) is 6.91. The highest BCUT2D eigenvalue weighted by Crippen LogP contribution is 2.26.